The summed E-state index contributed by atoms with van der Waals surface area (Å²) in [4.78, 5) is 15.8. The molecule has 1 heterocycles. The van der Waals surface area contributed by atoms with Crippen LogP contribution in [0, 0.1) is 5.41 Å². The van der Waals surface area contributed by atoms with Gasteiger partial charge in [-0.05, 0) is 12.5 Å². The van der Waals surface area contributed by atoms with Crippen molar-refractivity contribution >= 4 is 27.7 Å². The topological polar surface area (TPSA) is 103 Å². The fourth-order valence-electron chi connectivity index (χ4n) is 1.65. The van der Waals surface area contributed by atoms with Crippen molar-refractivity contribution in [1.29, 1.82) is 0 Å². The van der Waals surface area contributed by atoms with Crippen molar-refractivity contribution in [2.24, 2.45) is 5.41 Å². The van der Waals surface area contributed by atoms with Gasteiger partial charge in [0.1, 0.15) is 6.61 Å². The van der Waals surface area contributed by atoms with E-state index in [-0.39, 0.29) is 31.3 Å². The van der Waals surface area contributed by atoms with Gasteiger partial charge in [-0.1, -0.05) is 19.9 Å². The third-order valence-electron chi connectivity index (χ3n) is 3.21. The monoisotopic (exact) mass is 379 g/mol. The number of hydrogen-bond donors (Lipinski definition) is 1. The van der Waals surface area contributed by atoms with Crippen molar-refractivity contribution in [3.8, 4) is 0 Å². The van der Waals surface area contributed by atoms with E-state index in [1.807, 2.05) is 0 Å². The van der Waals surface area contributed by atoms with Crippen molar-refractivity contribution in [1.82, 2.24) is 4.98 Å². The maximum Gasteiger partial charge on any atom is 0.335 e. The largest absolute Gasteiger partial charge is 0.459 e. The standard InChI is InChI=1S/C15H22ClNO6S/c1-15(2,11-23-24(20,21)8-4-6-16)13(18)14(19)22-10-12-5-3-7-17-9-12/h3,5,7,9,13,18H,4,6,8,10-11H2,1-2H3/t13-/m0/s1. The van der Waals surface area contributed by atoms with Crippen molar-refractivity contribution in [3.05, 3.63) is 30.1 Å². The molecule has 1 atom stereocenters. The number of ether oxygens (including phenoxy) is 1. The predicted octanol–water partition coefficient (Wildman–Crippen LogP) is 1.49. The van der Waals surface area contributed by atoms with Crippen LogP contribution >= 0.6 is 11.6 Å². The van der Waals surface area contributed by atoms with Crippen LogP contribution in [0.3, 0.4) is 0 Å². The van der Waals surface area contributed by atoms with Crippen LogP contribution in [0.2, 0.25) is 0 Å². The average molecular weight is 380 g/mol. The molecule has 0 fully saturated rings. The first-order valence-corrected chi connectivity index (χ1v) is 9.46. The normalized spacial score (nSPS) is 13.5. The van der Waals surface area contributed by atoms with Gasteiger partial charge in [0.15, 0.2) is 6.10 Å². The lowest BCUT2D eigenvalue weighted by Gasteiger charge is -2.28. The van der Waals surface area contributed by atoms with E-state index in [1.54, 1.807) is 18.3 Å². The van der Waals surface area contributed by atoms with Crippen molar-refractivity contribution in [2.45, 2.75) is 33.0 Å². The molecule has 1 rings (SSSR count). The van der Waals surface area contributed by atoms with E-state index in [2.05, 4.69) is 4.98 Å². The number of carbonyl (C=O) groups excluding carboxylic acids is 1. The van der Waals surface area contributed by atoms with Crippen LogP contribution in [0.5, 0.6) is 0 Å². The summed E-state index contributed by atoms with van der Waals surface area (Å²) in [7, 11) is -3.75. The molecule has 136 valence electrons. The van der Waals surface area contributed by atoms with Gasteiger partial charge in [-0.2, -0.15) is 8.42 Å². The molecular formula is C15H22ClNO6S. The van der Waals surface area contributed by atoms with Gasteiger partial charge < -0.3 is 9.84 Å². The minimum Gasteiger partial charge on any atom is -0.459 e. The van der Waals surface area contributed by atoms with Gasteiger partial charge in [-0.3, -0.25) is 9.17 Å². The van der Waals surface area contributed by atoms with Crippen LogP contribution in [0.1, 0.15) is 25.8 Å². The summed E-state index contributed by atoms with van der Waals surface area (Å²) in [6.07, 6.45) is 1.86. The van der Waals surface area contributed by atoms with Crippen LogP contribution in [-0.2, 0) is 30.4 Å². The van der Waals surface area contributed by atoms with Gasteiger partial charge in [0.25, 0.3) is 10.1 Å². The highest BCUT2D eigenvalue weighted by Crippen LogP contribution is 2.23. The number of hydrogen-bond acceptors (Lipinski definition) is 7. The minimum atomic E-state index is -3.75. The summed E-state index contributed by atoms with van der Waals surface area (Å²) in [5, 5.41) is 10.1. The number of alkyl halides is 1. The number of aliphatic hydroxyl groups excluding tert-OH is 1. The molecule has 0 aliphatic rings. The smallest absolute Gasteiger partial charge is 0.335 e. The lowest BCUT2D eigenvalue weighted by Crippen LogP contribution is -2.41. The second-order valence-corrected chi connectivity index (χ2v) is 8.06. The lowest BCUT2D eigenvalue weighted by atomic mass is 9.88. The lowest BCUT2D eigenvalue weighted by molar-refractivity contribution is -0.162. The van der Waals surface area contributed by atoms with Crippen LogP contribution in [0.4, 0.5) is 0 Å². The van der Waals surface area contributed by atoms with Gasteiger partial charge in [0.05, 0.1) is 12.4 Å². The molecule has 0 saturated heterocycles. The molecule has 24 heavy (non-hydrogen) atoms. The summed E-state index contributed by atoms with van der Waals surface area (Å²) in [5.74, 6) is -0.866. The number of aromatic nitrogens is 1. The zero-order valence-electron chi connectivity index (χ0n) is 13.6. The Morgan fingerprint density at radius 3 is 2.75 bits per heavy atom. The molecule has 7 nitrogen and oxygen atoms in total. The fourth-order valence-corrected chi connectivity index (χ4v) is 3.04. The molecule has 9 heteroatoms. The van der Waals surface area contributed by atoms with E-state index in [9.17, 15) is 18.3 Å². The number of nitrogens with zero attached hydrogens (tertiary/aromatic N) is 1. The molecule has 1 aromatic heterocycles. The van der Waals surface area contributed by atoms with Crippen LogP contribution in [0.25, 0.3) is 0 Å². The Morgan fingerprint density at radius 1 is 1.46 bits per heavy atom. The highest BCUT2D eigenvalue weighted by Gasteiger charge is 2.36. The average Bonchev–Trinajstić information content (AvgIpc) is 2.56. The quantitative estimate of drug-likeness (QED) is 0.373. The Hall–Kier alpha value is -1.22. The molecule has 0 aliphatic carbocycles. The Morgan fingerprint density at radius 2 is 2.17 bits per heavy atom. The Bertz CT molecular complexity index is 620. The van der Waals surface area contributed by atoms with Crippen molar-refractivity contribution in [2.75, 3.05) is 18.2 Å². The second-order valence-electron chi connectivity index (χ2n) is 5.93. The first-order chi connectivity index (χ1) is 11.2. The number of rotatable bonds is 10. The maximum atomic E-state index is 11.9. The highest BCUT2D eigenvalue weighted by atomic mass is 35.5. The van der Waals surface area contributed by atoms with Gasteiger partial charge >= 0.3 is 5.97 Å². The van der Waals surface area contributed by atoms with E-state index in [4.69, 9.17) is 20.5 Å². The zero-order chi connectivity index (χ0) is 18.2. The maximum absolute atomic E-state index is 11.9. The third kappa shape index (κ3) is 7.12. The molecule has 1 N–H and O–H groups in total. The molecule has 0 bridgehead atoms. The minimum absolute atomic E-state index is 0.0330. The molecular weight excluding hydrogens is 358 g/mol. The van der Waals surface area contributed by atoms with E-state index in [0.29, 0.717) is 5.56 Å². The van der Waals surface area contributed by atoms with Gasteiger partial charge in [0.2, 0.25) is 0 Å². The van der Waals surface area contributed by atoms with E-state index in [0.717, 1.165) is 0 Å². The fraction of sp³-hybridized carbons (Fsp3) is 0.600. The summed E-state index contributed by atoms with van der Waals surface area (Å²) < 4.78 is 33.2. The van der Waals surface area contributed by atoms with Gasteiger partial charge in [-0.25, -0.2) is 4.79 Å². The summed E-state index contributed by atoms with van der Waals surface area (Å²) in [6, 6.07) is 3.42. The van der Waals surface area contributed by atoms with Gasteiger partial charge in [0, 0.05) is 29.3 Å². The van der Waals surface area contributed by atoms with Crippen LogP contribution in [0.15, 0.2) is 24.5 Å². The highest BCUT2D eigenvalue weighted by molar-refractivity contribution is 7.86. The van der Waals surface area contributed by atoms with E-state index in [1.165, 1.54) is 20.0 Å². The zero-order valence-corrected chi connectivity index (χ0v) is 15.2. The van der Waals surface area contributed by atoms with Gasteiger partial charge in [-0.15, -0.1) is 11.6 Å². The number of halogens is 1. The Kier molecular flexibility index (Phi) is 8.08. The molecule has 0 aromatic carbocycles. The van der Waals surface area contributed by atoms with Crippen LogP contribution < -0.4 is 0 Å². The number of carbonyl (C=O) groups is 1. The summed E-state index contributed by atoms with van der Waals surface area (Å²) in [5.41, 5.74) is -0.462. The van der Waals surface area contributed by atoms with Crippen molar-refractivity contribution in [3.63, 3.8) is 0 Å². The Labute approximate surface area is 147 Å². The summed E-state index contributed by atoms with van der Waals surface area (Å²) >= 11 is 5.45. The molecule has 0 saturated carbocycles. The molecule has 0 radical (unpaired) electrons. The Balaban J connectivity index is 2.54. The SMILES string of the molecule is CC(C)(COS(=O)(=O)CCCCl)[C@@H](O)C(=O)OCc1cccnc1. The van der Waals surface area contributed by atoms with Crippen LogP contribution in [-0.4, -0.2) is 48.8 Å². The number of esters is 1. The van der Waals surface area contributed by atoms with E-state index < -0.39 is 27.6 Å². The molecule has 1 aromatic rings. The van der Waals surface area contributed by atoms with E-state index >= 15 is 0 Å². The molecule has 0 spiro atoms. The molecule has 0 amide bonds. The first kappa shape index (κ1) is 20.8. The first-order valence-electron chi connectivity index (χ1n) is 7.34. The molecule has 0 aliphatic heterocycles. The van der Waals surface area contributed by atoms with Crippen molar-refractivity contribution < 1.29 is 27.2 Å². The molecule has 0 unspecified atom stereocenters. The number of pyridine rings is 1. The summed E-state index contributed by atoms with van der Waals surface area (Å²) in [6.45, 7) is 2.65. The predicted molar refractivity (Wildman–Crippen MR) is 88.9 cm³/mol. The third-order valence-corrected chi connectivity index (χ3v) is 4.74. The number of aliphatic hydroxyl groups is 1. The second kappa shape index (κ2) is 9.31.